The van der Waals surface area contributed by atoms with Crippen molar-refractivity contribution in [1.29, 1.82) is 0 Å². The van der Waals surface area contributed by atoms with Crippen molar-refractivity contribution < 1.29 is 20.1 Å². The highest BCUT2D eigenvalue weighted by atomic mass is 16.6. The normalized spacial score (nSPS) is 32.9. The second kappa shape index (κ2) is 4.46. The summed E-state index contributed by atoms with van der Waals surface area (Å²) in [6, 6.07) is 2.67. The third-order valence-corrected chi connectivity index (χ3v) is 2.76. The number of nitrogens with zero attached hydrogens (tertiary/aromatic N) is 1. The number of anilines is 1. The van der Waals surface area contributed by atoms with E-state index in [1.54, 1.807) is 0 Å². The van der Waals surface area contributed by atoms with Crippen molar-refractivity contribution in [2.24, 2.45) is 0 Å². The molecule has 1 aromatic rings. The molecule has 0 bridgehead atoms. The lowest BCUT2D eigenvalue weighted by Gasteiger charge is -2.17. The van der Waals surface area contributed by atoms with E-state index in [0.29, 0.717) is 5.69 Å². The van der Waals surface area contributed by atoms with Crippen LogP contribution in [0.3, 0.4) is 0 Å². The van der Waals surface area contributed by atoms with Gasteiger partial charge in [0.25, 0.3) is 5.56 Å². The van der Waals surface area contributed by atoms with Gasteiger partial charge >= 0.3 is 0 Å². The summed E-state index contributed by atoms with van der Waals surface area (Å²) in [6.07, 6.45) is -3.05. The molecule has 0 saturated carbocycles. The quantitative estimate of drug-likeness (QED) is 0.478. The summed E-state index contributed by atoms with van der Waals surface area (Å²) >= 11 is 0. The molecule has 0 aromatic carbocycles. The fraction of sp³-hybridized carbons (Fsp3) is 0.500. The number of hydrogen-bond acceptors (Lipinski definition) is 6. The molecule has 1 aliphatic rings. The van der Waals surface area contributed by atoms with Crippen LogP contribution in [0.1, 0.15) is 6.23 Å². The van der Waals surface area contributed by atoms with Crippen molar-refractivity contribution in [2.45, 2.75) is 24.5 Å². The molecular weight excluding hydrogens is 228 g/mol. The van der Waals surface area contributed by atoms with Gasteiger partial charge in [-0.1, -0.05) is 0 Å². The maximum absolute atomic E-state index is 11.6. The molecule has 5 N–H and O–H groups in total. The van der Waals surface area contributed by atoms with E-state index in [-0.39, 0.29) is 0 Å². The minimum atomic E-state index is -1.27. The van der Waals surface area contributed by atoms with E-state index >= 15 is 0 Å². The molecule has 2 rings (SSSR count). The third-order valence-electron chi connectivity index (χ3n) is 2.76. The summed E-state index contributed by atoms with van der Waals surface area (Å²) in [5.41, 5.74) is 5.29. The molecule has 17 heavy (non-hydrogen) atoms. The first-order valence-corrected chi connectivity index (χ1v) is 5.14. The summed E-state index contributed by atoms with van der Waals surface area (Å²) in [5.74, 6) is 0. The van der Waals surface area contributed by atoms with Crippen LogP contribution in [0.4, 0.5) is 5.69 Å². The van der Waals surface area contributed by atoms with Crippen LogP contribution in [-0.4, -0.2) is 44.8 Å². The fourth-order valence-electron chi connectivity index (χ4n) is 1.83. The monoisotopic (exact) mass is 242 g/mol. The number of ether oxygens (including phenoxy) is 1. The third kappa shape index (κ3) is 2.05. The Morgan fingerprint density at radius 2 is 2.12 bits per heavy atom. The highest BCUT2D eigenvalue weighted by Gasteiger charge is 2.43. The number of pyridine rings is 1. The van der Waals surface area contributed by atoms with Gasteiger partial charge in [-0.15, -0.1) is 0 Å². The van der Waals surface area contributed by atoms with Crippen LogP contribution in [0.15, 0.2) is 23.1 Å². The first-order valence-electron chi connectivity index (χ1n) is 5.14. The van der Waals surface area contributed by atoms with Crippen LogP contribution in [0.25, 0.3) is 0 Å². The van der Waals surface area contributed by atoms with Gasteiger partial charge in [0.2, 0.25) is 0 Å². The van der Waals surface area contributed by atoms with Crippen LogP contribution >= 0.6 is 0 Å². The fourth-order valence-corrected chi connectivity index (χ4v) is 1.83. The molecule has 1 aliphatic heterocycles. The first kappa shape index (κ1) is 12.1. The first-order chi connectivity index (χ1) is 8.04. The number of aliphatic hydroxyl groups excluding tert-OH is 3. The van der Waals surface area contributed by atoms with E-state index in [1.165, 1.54) is 18.3 Å². The van der Waals surface area contributed by atoms with Crippen LogP contribution in [0.5, 0.6) is 0 Å². The van der Waals surface area contributed by atoms with E-state index < -0.39 is 36.7 Å². The molecule has 0 amide bonds. The van der Waals surface area contributed by atoms with Crippen molar-refractivity contribution in [3.05, 3.63) is 28.7 Å². The zero-order valence-corrected chi connectivity index (χ0v) is 8.93. The van der Waals surface area contributed by atoms with Crippen molar-refractivity contribution in [3.8, 4) is 0 Å². The molecule has 0 aliphatic carbocycles. The number of aromatic nitrogens is 1. The summed E-state index contributed by atoms with van der Waals surface area (Å²) < 4.78 is 6.34. The number of hydrogen-bond donors (Lipinski definition) is 4. The number of aliphatic hydroxyl groups is 3. The highest BCUT2D eigenvalue weighted by Crippen LogP contribution is 2.28. The lowest BCUT2D eigenvalue weighted by atomic mass is 10.1. The molecule has 7 heteroatoms. The van der Waals surface area contributed by atoms with E-state index in [0.717, 1.165) is 4.57 Å². The molecule has 0 radical (unpaired) electrons. The zero-order valence-electron chi connectivity index (χ0n) is 8.93. The summed E-state index contributed by atoms with van der Waals surface area (Å²) in [7, 11) is 0. The number of nitrogens with two attached hydrogens (primary N) is 1. The molecule has 7 nitrogen and oxygen atoms in total. The molecule has 4 atom stereocenters. The Hall–Kier alpha value is -1.41. The van der Waals surface area contributed by atoms with Crippen molar-refractivity contribution in [1.82, 2.24) is 4.57 Å². The number of rotatable bonds is 2. The zero-order chi connectivity index (χ0) is 12.6. The Morgan fingerprint density at radius 3 is 2.65 bits per heavy atom. The second-order valence-corrected chi connectivity index (χ2v) is 3.93. The van der Waals surface area contributed by atoms with Crippen molar-refractivity contribution in [2.75, 3.05) is 12.3 Å². The average Bonchev–Trinajstić information content (AvgIpc) is 2.57. The Balaban J connectivity index is 2.32. The molecule has 0 unspecified atom stereocenters. The summed E-state index contributed by atoms with van der Waals surface area (Å²) in [6.45, 7) is -0.432. The maximum Gasteiger partial charge on any atom is 0.254 e. The van der Waals surface area contributed by atoms with Crippen molar-refractivity contribution in [3.63, 3.8) is 0 Å². The molecule has 94 valence electrons. The summed E-state index contributed by atoms with van der Waals surface area (Å²) in [4.78, 5) is 11.6. The number of nitrogen functional groups attached to an aromatic ring is 1. The van der Waals surface area contributed by atoms with Gasteiger partial charge in [-0.05, 0) is 6.07 Å². The van der Waals surface area contributed by atoms with Gasteiger partial charge in [0.05, 0.1) is 6.61 Å². The Morgan fingerprint density at radius 1 is 1.41 bits per heavy atom. The van der Waals surface area contributed by atoms with Crippen LogP contribution < -0.4 is 11.3 Å². The van der Waals surface area contributed by atoms with E-state index in [2.05, 4.69) is 0 Å². The van der Waals surface area contributed by atoms with Crippen LogP contribution in [0, 0.1) is 0 Å². The lowest BCUT2D eigenvalue weighted by Crippen LogP contribution is -2.35. The largest absolute Gasteiger partial charge is 0.399 e. The van der Waals surface area contributed by atoms with E-state index in [1.807, 2.05) is 0 Å². The maximum atomic E-state index is 11.6. The standard InChI is InChI=1S/C10H14N2O5/c11-5-1-2-12(7(14)3-5)10-9(16)8(15)6(4-13)17-10/h1-3,6,8-10,13,15-16H,4,11H2/t6-,8+,9-,10+/m0/s1. The molecule has 2 heterocycles. The molecule has 1 saturated heterocycles. The minimum absolute atomic E-state index is 0.304. The molecular formula is C10H14N2O5. The van der Waals surface area contributed by atoms with Gasteiger partial charge in [0, 0.05) is 18.0 Å². The Labute approximate surface area is 96.7 Å². The Kier molecular flexibility index (Phi) is 3.16. The molecule has 1 aromatic heterocycles. The molecule has 0 spiro atoms. The average molecular weight is 242 g/mol. The predicted molar refractivity (Wildman–Crippen MR) is 58.1 cm³/mol. The summed E-state index contributed by atoms with van der Waals surface area (Å²) in [5, 5.41) is 28.2. The van der Waals surface area contributed by atoms with Gasteiger partial charge in [0.1, 0.15) is 18.3 Å². The topological polar surface area (TPSA) is 118 Å². The van der Waals surface area contributed by atoms with Gasteiger partial charge in [-0.3, -0.25) is 9.36 Å². The second-order valence-electron chi connectivity index (χ2n) is 3.93. The van der Waals surface area contributed by atoms with Gasteiger partial charge in [-0.25, -0.2) is 0 Å². The lowest BCUT2D eigenvalue weighted by molar-refractivity contribution is -0.0543. The van der Waals surface area contributed by atoms with E-state index in [4.69, 9.17) is 15.6 Å². The van der Waals surface area contributed by atoms with Crippen LogP contribution in [-0.2, 0) is 4.74 Å². The minimum Gasteiger partial charge on any atom is -0.399 e. The van der Waals surface area contributed by atoms with Gasteiger partial charge in [-0.2, -0.15) is 0 Å². The van der Waals surface area contributed by atoms with Gasteiger partial charge in [0.15, 0.2) is 6.23 Å². The SMILES string of the molecule is Nc1ccn([C@@H]2O[C@@H](CO)[C@@H](O)[C@@H]2O)c(=O)c1. The Bertz CT molecular complexity index is 460. The van der Waals surface area contributed by atoms with Gasteiger partial charge < -0.3 is 25.8 Å². The smallest absolute Gasteiger partial charge is 0.254 e. The molecule has 1 fully saturated rings. The van der Waals surface area contributed by atoms with E-state index in [9.17, 15) is 15.0 Å². The van der Waals surface area contributed by atoms with Crippen molar-refractivity contribution >= 4 is 5.69 Å². The predicted octanol–water partition coefficient (Wildman–Crippen LogP) is -1.96. The highest BCUT2D eigenvalue weighted by molar-refractivity contribution is 5.34. The van der Waals surface area contributed by atoms with Crippen LogP contribution in [0.2, 0.25) is 0 Å².